The topological polar surface area (TPSA) is 56.9 Å². The number of benzene rings is 1. The van der Waals surface area contributed by atoms with Crippen LogP contribution < -0.4 is 0 Å². The molecule has 1 aromatic carbocycles. The standard InChI is InChI=1S/C20H22Cl2N2O3/c21-16-2-1-13(9-17(16)22)10-20(26)24-7-4-19-15(5-8-27-19)18(24)12-23-6-3-14(25)11-23/h1-2,5,8-9,14,18,25H,3-4,6-7,10-12H2/t14-,18-/m0/s1. The smallest absolute Gasteiger partial charge is 0.227 e. The molecule has 1 saturated heterocycles. The number of aliphatic hydroxyl groups excluding tert-OH is 1. The molecule has 1 amide bonds. The zero-order chi connectivity index (χ0) is 19.0. The van der Waals surface area contributed by atoms with Crippen LogP contribution in [0, 0.1) is 0 Å². The minimum Gasteiger partial charge on any atom is -0.469 e. The number of nitrogens with zero attached hydrogens (tertiary/aromatic N) is 2. The number of carbonyl (C=O) groups is 1. The predicted octanol–water partition coefficient (Wildman–Crippen LogP) is 3.32. The summed E-state index contributed by atoms with van der Waals surface area (Å²) in [6.07, 6.45) is 3.20. The fourth-order valence-electron chi connectivity index (χ4n) is 4.04. The Kier molecular flexibility index (Phi) is 5.46. The van der Waals surface area contributed by atoms with E-state index in [1.165, 1.54) is 0 Å². The van der Waals surface area contributed by atoms with Crippen LogP contribution in [-0.4, -0.2) is 53.1 Å². The summed E-state index contributed by atoms with van der Waals surface area (Å²) in [6, 6.07) is 7.21. The Morgan fingerprint density at radius 1 is 1.22 bits per heavy atom. The second-order valence-corrected chi connectivity index (χ2v) is 8.09. The van der Waals surface area contributed by atoms with Gasteiger partial charge in [0.25, 0.3) is 0 Å². The fraction of sp³-hybridized carbons (Fsp3) is 0.450. The summed E-state index contributed by atoms with van der Waals surface area (Å²) in [7, 11) is 0. The number of fused-ring (bicyclic) bond motifs is 1. The van der Waals surface area contributed by atoms with Crippen molar-refractivity contribution in [1.82, 2.24) is 9.80 Å². The first-order chi connectivity index (χ1) is 13.0. The van der Waals surface area contributed by atoms with E-state index in [0.717, 1.165) is 29.9 Å². The maximum absolute atomic E-state index is 13.1. The summed E-state index contributed by atoms with van der Waals surface area (Å²) >= 11 is 12.1. The predicted molar refractivity (Wildman–Crippen MR) is 104 cm³/mol. The summed E-state index contributed by atoms with van der Waals surface area (Å²) in [4.78, 5) is 17.2. The summed E-state index contributed by atoms with van der Waals surface area (Å²) in [5.74, 6) is 1.02. The van der Waals surface area contributed by atoms with Crippen molar-refractivity contribution in [3.63, 3.8) is 0 Å². The first kappa shape index (κ1) is 18.8. The molecular formula is C20H22Cl2N2O3. The highest BCUT2D eigenvalue weighted by Crippen LogP contribution is 2.33. The van der Waals surface area contributed by atoms with Crippen LogP contribution in [0.3, 0.4) is 0 Å². The Hall–Kier alpha value is -1.53. The van der Waals surface area contributed by atoms with Gasteiger partial charge in [0.2, 0.25) is 5.91 Å². The van der Waals surface area contributed by atoms with E-state index in [9.17, 15) is 9.90 Å². The van der Waals surface area contributed by atoms with E-state index in [1.807, 2.05) is 17.0 Å². The molecule has 7 heteroatoms. The molecule has 144 valence electrons. The highest BCUT2D eigenvalue weighted by molar-refractivity contribution is 6.42. The minimum atomic E-state index is -0.280. The first-order valence-electron chi connectivity index (χ1n) is 9.21. The van der Waals surface area contributed by atoms with Gasteiger partial charge in [-0.15, -0.1) is 0 Å². The molecule has 1 N–H and O–H groups in total. The van der Waals surface area contributed by atoms with Crippen LogP contribution in [0.15, 0.2) is 34.9 Å². The average molecular weight is 409 g/mol. The number of β-amino-alcohol motifs (C(OH)–C–C–N with tert-alkyl or cyclic N) is 1. The van der Waals surface area contributed by atoms with Gasteiger partial charge in [-0.3, -0.25) is 9.69 Å². The van der Waals surface area contributed by atoms with Gasteiger partial charge in [0.05, 0.1) is 34.9 Å². The lowest BCUT2D eigenvalue weighted by atomic mass is 9.97. The van der Waals surface area contributed by atoms with Crippen molar-refractivity contribution in [1.29, 1.82) is 0 Å². The number of halogens is 2. The molecule has 0 bridgehead atoms. The van der Waals surface area contributed by atoms with Crippen molar-refractivity contribution < 1.29 is 14.3 Å². The maximum Gasteiger partial charge on any atom is 0.227 e. The normalized spacial score (nSPS) is 22.9. The van der Waals surface area contributed by atoms with Crippen LogP contribution in [0.2, 0.25) is 10.0 Å². The van der Waals surface area contributed by atoms with E-state index in [0.29, 0.717) is 36.1 Å². The van der Waals surface area contributed by atoms with Crippen LogP contribution in [0.25, 0.3) is 0 Å². The van der Waals surface area contributed by atoms with Gasteiger partial charge < -0.3 is 14.4 Å². The molecule has 0 aliphatic carbocycles. The molecule has 1 aromatic heterocycles. The zero-order valence-corrected chi connectivity index (χ0v) is 16.4. The third-order valence-corrected chi connectivity index (χ3v) is 6.17. The monoisotopic (exact) mass is 408 g/mol. The lowest BCUT2D eigenvalue weighted by Gasteiger charge is -2.37. The summed E-state index contributed by atoms with van der Waals surface area (Å²) in [5, 5.41) is 10.8. The molecule has 2 aliphatic rings. The van der Waals surface area contributed by atoms with Crippen LogP contribution in [0.5, 0.6) is 0 Å². The van der Waals surface area contributed by atoms with E-state index < -0.39 is 0 Å². The lowest BCUT2D eigenvalue weighted by molar-refractivity contribution is -0.133. The molecule has 0 unspecified atom stereocenters. The molecule has 2 aliphatic heterocycles. The molecule has 0 radical (unpaired) electrons. The number of aliphatic hydroxyl groups is 1. The van der Waals surface area contributed by atoms with Crippen LogP contribution in [0.4, 0.5) is 0 Å². The van der Waals surface area contributed by atoms with Gasteiger partial charge in [0.15, 0.2) is 0 Å². The molecule has 3 heterocycles. The van der Waals surface area contributed by atoms with Crippen LogP contribution >= 0.6 is 23.2 Å². The van der Waals surface area contributed by atoms with Crippen molar-refractivity contribution >= 4 is 29.1 Å². The second kappa shape index (κ2) is 7.84. The molecule has 2 aromatic rings. The Morgan fingerprint density at radius 2 is 2.07 bits per heavy atom. The van der Waals surface area contributed by atoms with Gasteiger partial charge in [-0.1, -0.05) is 29.3 Å². The Labute approximate surface area is 168 Å². The number of amides is 1. The van der Waals surface area contributed by atoms with Crippen molar-refractivity contribution in [3.8, 4) is 0 Å². The number of hydrogen-bond donors (Lipinski definition) is 1. The number of carbonyl (C=O) groups excluding carboxylic acids is 1. The molecule has 5 nitrogen and oxygen atoms in total. The van der Waals surface area contributed by atoms with Gasteiger partial charge in [-0.2, -0.15) is 0 Å². The summed E-state index contributed by atoms with van der Waals surface area (Å²) in [6.45, 7) is 2.83. The first-order valence-corrected chi connectivity index (χ1v) is 9.97. The average Bonchev–Trinajstić information content (AvgIpc) is 3.27. The highest BCUT2D eigenvalue weighted by Gasteiger charge is 2.35. The summed E-state index contributed by atoms with van der Waals surface area (Å²) < 4.78 is 5.61. The quantitative estimate of drug-likeness (QED) is 0.842. The van der Waals surface area contributed by atoms with E-state index in [1.54, 1.807) is 18.4 Å². The van der Waals surface area contributed by atoms with Gasteiger partial charge in [0.1, 0.15) is 5.76 Å². The van der Waals surface area contributed by atoms with Crippen molar-refractivity contribution in [2.24, 2.45) is 0 Å². The van der Waals surface area contributed by atoms with Gasteiger partial charge in [-0.05, 0) is 30.2 Å². The number of furan rings is 1. The minimum absolute atomic E-state index is 0.0602. The van der Waals surface area contributed by atoms with Crippen molar-refractivity contribution in [2.75, 3.05) is 26.2 Å². The van der Waals surface area contributed by atoms with E-state index in [4.69, 9.17) is 27.6 Å². The Morgan fingerprint density at radius 3 is 2.81 bits per heavy atom. The molecule has 0 saturated carbocycles. The lowest BCUT2D eigenvalue weighted by Crippen LogP contribution is -2.45. The molecule has 4 rings (SSSR count). The van der Waals surface area contributed by atoms with Crippen molar-refractivity contribution in [3.05, 3.63) is 57.5 Å². The fourth-order valence-corrected chi connectivity index (χ4v) is 4.36. The molecular weight excluding hydrogens is 387 g/mol. The maximum atomic E-state index is 13.1. The number of hydrogen-bond acceptors (Lipinski definition) is 4. The zero-order valence-electron chi connectivity index (χ0n) is 14.9. The van der Waals surface area contributed by atoms with E-state index >= 15 is 0 Å². The molecule has 27 heavy (non-hydrogen) atoms. The second-order valence-electron chi connectivity index (χ2n) is 7.28. The molecule has 1 fully saturated rings. The van der Waals surface area contributed by atoms with Gasteiger partial charge in [0, 0.05) is 38.2 Å². The van der Waals surface area contributed by atoms with Crippen LogP contribution in [-0.2, 0) is 17.6 Å². The largest absolute Gasteiger partial charge is 0.469 e. The number of likely N-dealkylation sites (tertiary alicyclic amines) is 1. The third-order valence-electron chi connectivity index (χ3n) is 5.43. The molecule has 2 atom stereocenters. The third kappa shape index (κ3) is 4.02. The van der Waals surface area contributed by atoms with E-state index in [2.05, 4.69) is 4.90 Å². The SMILES string of the molecule is O=C(Cc1ccc(Cl)c(Cl)c1)N1CCc2occc2[C@@H]1CN1CC[C@H](O)C1. The Bertz CT molecular complexity index is 838. The van der Waals surface area contributed by atoms with Crippen LogP contribution in [0.1, 0.15) is 29.3 Å². The number of rotatable bonds is 4. The van der Waals surface area contributed by atoms with Gasteiger partial charge in [-0.25, -0.2) is 0 Å². The summed E-state index contributed by atoms with van der Waals surface area (Å²) in [5.41, 5.74) is 1.92. The van der Waals surface area contributed by atoms with Gasteiger partial charge >= 0.3 is 0 Å². The van der Waals surface area contributed by atoms with E-state index in [-0.39, 0.29) is 24.5 Å². The highest BCUT2D eigenvalue weighted by atomic mass is 35.5. The Balaban J connectivity index is 1.53. The molecule has 0 spiro atoms. The van der Waals surface area contributed by atoms with Crippen molar-refractivity contribution in [2.45, 2.75) is 31.4 Å².